The first-order valence-electron chi connectivity index (χ1n) is 8.15. The second kappa shape index (κ2) is 7.21. The van der Waals surface area contributed by atoms with Crippen molar-refractivity contribution in [3.8, 4) is 0 Å². The minimum atomic E-state index is 0.0450. The van der Waals surface area contributed by atoms with Gasteiger partial charge in [-0.05, 0) is 24.5 Å². The third kappa shape index (κ3) is 3.53. The molecule has 0 unspecified atom stereocenters. The number of aryl methyl sites for hydroxylation is 1. The van der Waals surface area contributed by atoms with Gasteiger partial charge in [-0.15, -0.1) is 0 Å². The molecular formula is C18H22N4OS. The van der Waals surface area contributed by atoms with Crippen molar-refractivity contribution in [1.82, 2.24) is 19.1 Å². The third-order valence-corrected chi connectivity index (χ3v) is 4.98. The van der Waals surface area contributed by atoms with Crippen LogP contribution in [0.2, 0.25) is 0 Å². The predicted octanol–water partition coefficient (Wildman–Crippen LogP) is 3.47. The summed E-state index contributed by atoms with van der Waals surface area (Å²) in [7, 11) is 1.97. The molecule has 6 heteroatoms. The fourth-order valence-electron chi connectivity index (χ4n) is 2.51. The van der Waals surface area contributed by atoms with Gasteiger partial charge in [0.2, 0.25) is 0 Å². The molecule has 0 radical (unpaired) electrons. The van der Waals surface area contributed by atoms with E-state index in [4.69, 9.17) is 4.98 Å². The maximum absolute atomic E-state index is 12.9. The van der Waals surface area contributed by atoms with Gasteiger partial charge in [-0.25, -0.2) is 9.97 Å². The summed E-state index contributed by atoms with van der Waals surface area (Å²) >= 11 is 1.57. The number of para-hydroxylation sites is 1. The van der Waals surface area contributed by atoms with Crippen molar-refractivity contribution >= 4 is 22.7 Å². The van der Waals surface area contributed by atoms with Crippen LogP contribution < -0.4 is 5.56 Å². The molecule has 24 heavy (non-hydrogen) atoms. The molecule has 0 saturated carbocycles. The van der Waals surface area contributed by atoms with Crippen LogP contribution in [-0.2, 0) is 19.3 Å². The molecule has 0 amide bonds. The maximum Gasteiger partial charge on any atom is 0.262 e. The van der Waals surface area contributed by atoms with Crippen molar-refractivity contribution in [3.05, 3.63) is 52.8 Å². The largest absolute Gasteiger partial charge is 0.337 e. The summed E-state index contributed by atoms with van der Waals surface area (Å²) in [6.45, 7) is 5.03. The highest BCUT2D eigenvalue weighted by Gasteiger charge is 2.13. The Morgan fingerprint density at radius 2 is 2.04 bits per heavy atom. The second-order valence-corrected chi connectivity index (χ2v) is 7.24. The van der Waals surface area contributed by atoms with E-state index in [2.05, 4.69) is 18.8 Å². The lowest BCUT2D eigenvalue weighted by molar-refractivity contribution is 0.481. The molecule has 2 heterocycles. The van der Waals surface area contributed by atoms with Gasteiger partial charge in [0, 0.05) is 26.0 Å². The van der Waals surface area contributed by atoms with Crippen molar-refractivity contribution in [1.29, 1.82) is 0 Å². The number of thioether (sulfide) groups is 1. The molecule has 0 saturated heterocycles. The fourth-order valence-corrected chi connectivity index (χ4v) is 3.54. The van der Waals surface area contributed by atoms with Crippen LogP contribution >= 0.6 is 11.8 Å². The number of nitrogens with zero attached hydrogens (tertiary/aromatic N) is 4. The molecule has 0 aliphatic heterocycles. The Morgan fingerprint density at radius 3 is 2.75 bits per heavy atom. The molecule has 0 aliphatic rings. The van der Waals surface area contributed by atoms with Gasteiger partial charge in [0.1, 0.15) is 5.82 Å². The van der Waals surface area contributed by atoms with Crippen molar-refractivity contribution in [2.75, 3.05) is 0 Å². The highest BCUT2D eigenvalue weighted by molar-refractivity contribution is 7.98. The van der Waals surface area contributed by atoms with Gasteiger partial charge in [-0.1, -0.05) is 37.7 Å². The molecule has 0 N–H and O–H groups in total. The van der Waals surface area contributed by atoms with Gasteiger partial charge in [-0.2, -0.15) is 0 Å². The molecule has 0 aliphatic carbocycles. The van der Waals surface area contributed by atoms with Gasteiger partial charge >= 0.3 is 0 Å². The molecule has 0 spiro atoms. The molecule has 1 aromatic carbocycles. The average molecular weight is 342 g/mol. The number of benzene rings is 1. The molecule has 0 bridgehead atoms. The lowest BCUT2D eigenvalue weighted by atomic mass is 10.1. The summed E-state index contributed by atoms with van der Waals surface area (Å²) in [4.78, 5) is 22.0. The van der Waals surface area contributed by atoms with Gasteiger partial charge in [0.25, 0.3) is 5.56 Å². The zero-order valence-electron chi connectivity index (χ0n) is 14.3. The first-order valence-corrected chi connectivity index (χ1v) is 9.13. The van der Waals surface area contributed by atoms with Crippen molar-refractivity contribution < 1.29 is 0 Å². The maximum atomic E-state index is 12.9. The standard InChI is InChI=1S/C18H22N4OS/c1-13(2)8-10-22-17(23)14-6-4-5-7-15(14)20-18(22)24-12-16-19-9-11-21(16)3/h4-7,9,11,13H,8,10,12H2,1-3H3. The van der Waals surface area contributed by atoms with E-state index < -0.39 is 0 Å². The number of hydrogen-bond donors (Lipinski definition) is 0. The second-order valence-electron chi connectivity index (χ2n) is 6.29. The highest BCUT2D eigenvalue weighted by Crippen LogP contribution is 2.22. The Hall–Kier alpha value is -2.08. The molecule has 0 fully saturated rings. The monoisotopic (exact) mass is 342 g/mol. The average Bonchev–Trinajstić information content (AvgIpc) is 2.97. The lowest BCUT2D eigenvalue weighted by Gasteiger charge is -2.14. The summed E-state index contributed by atoms with van der Waals surface area (Å²) in [6, 6.07) is 7.55. The Kier molecular flexibility index (Phi) is 5.04. The first kappa shape index (κ1) is 16.8. The van der Waals surface area contributed by atoms with E-state index in [0.29, 0.717) is 23.6 Å². The van der Waals surface area contributed by atoms with Crippen molar-refractivity contribution in [2.45, 2.75) is 37.7 Å². The smallest absolute Gasteiger partial charge is 0.262 e. The van der Waals surface area contributed by atoms with Gasteiger partial charge < -0.3 is 4.57 Å². The van der Waals surface area contributed by atoms with E-state index in [9.17, 15) is 4.79 Å². The van der Waals surface area contributed by atoms with Crippen molar-refractivity contribution in [3.63, 3.8) is 0 Å². The molecule has 0 atom stereocenters. The molecule has 126 valence electrons. The zero-order chi connectivity index (χ0) is 17.1. The third-order valence-electron chi connectivity index (χ3n) is 4.01. The van der Waals surface area contributed by atoms with Crippen LogP contribution in [-0.4, -0.2) is 19.1 Å². The topological polar surface area (TPSA) is 52.7 Å². The lowest BCUT2D eigenvalue weighted by Crippen LogP contribution is -2.24. The molecule has 5 nitrogen and oxygen atoms in total. The number of fused-ring (bicyclic) bond motifs is 1. The fraction of sp³-hybridized carbons (Fsp3) is 0.389. The van der Waals surface area contributed by atoms with Crippen LogP contribution in [0.1, 0.15) is 26.1 Å². The highest BCUT2D eigenvalue weighted by atomic mass is 32.2. The summed E-state index contributed by atoms with van der Waals surface area (Å²) in [6.07, 6.45) is 4.67. The van der Waals surface area contributed by atoms with Gasteiger partial charge in [0.05, 0.1) is 16.7 Å². The quantitative estimate of drug-likeness (QED) is 0.508. The van der Waals surface area contributed by atoms with Gasteiger partial charge in [0.15, 0.2) is 5.16 Å². The van der Waals surface area contributed by atoms with Crippen LogP contribution in [0, 0.1) is 5.92 Å². The van der Waals surface area contributed by atoms with E-state index in [-0.39, 0.29) is 5.56 Å². The Balaban J connectivity index is 1.98. The predicted molar refractivity (Wildman–Crippen MR) is 98.2 cm³/mol. The van der Waals surface area contributed by atoms with E-state index in [1.54, 1.807) is 18.0 Å². The number of hydrogen-bond acceptors (Lipinski definition) is 4. The van der Waals surface area contributed by atoms with Crippen LogP contribution in [0.4, 0.5) is 0 Å². The van der Waals surface area contributed by atoms with E-state index in [0.717, 1.165) is 22.9 Å². The Labute approximate surface area is 145 Å². The first-order chi connectivity index (χ1) is 11.6. The van der Waals surface area contributed by atoms with Crippen molar-refractivity contribution in [2.24, 2.45) is 13.0 Å². The summed E-state index contributed by atoms with van der Waals surface area (Å²) in [5, 5.41) is 1.45. The zero-order valence-corrected chi connectivity index (χ0v) is 15.1. The van der Waals surface area contributed by atoms with E-state index in [1.165, 1.54) is 0 Å². The van der Waals surface area contributed by atoms with E-state index in [1.807, 2.05) is 46.6 Å². The Bertz CT molecular complexity index is 897. The van der Waals surface area contributed by atoms with Crippen LogP contribution in [0.5, 0.6) is 0 Å². The summed E-state index contributed by atoms with van der Waals surface area (Å²) in [5.41, 5.74) is 0.800. The van der Waals surface area contributed by atoms with Gasteiger partial charge in [-0.3, -0.25) is 9.36 Å². The normalized spacial score (nSPS) is 11.5. The number of aromatic nitrogens is 4. The van der Waals surface area contributed by atoms with Crippen LogP contribution in [0.25, 0.3) is 10.9 Å². The Morgan fingerprint density at radius 1 is 1.25 bits per heavy atom. The number of imidazole rings is 1. The molecule has 2 aromatic heterocycles. The molecule has 3 rings (SSSR count). The molecular weight excluding hydrogens is 320 g/mol. The van der Waals surface area contributed by atoms with Crippen LogP contribution in [0.3, 0.4) is 0 Å². The minimum absolute atomic E-state index is 0.0450. The summed E-state index contributed by atoms with van der Waals surface area (Å²) < 4.78 is 3.81. The summed E-state index contributed by atoms with van der Waals surface area (Å²) in [5.74, 6) is 2.20. The SMILES string of the molecule is CC(C)CCn1c(SCc2nccn2C)nc2ccccc2c1=O. The van der Waals surface area contributed by atoms with Crippen LogP contribution in [0.15, 0.2) is 46.6 Å². The minimum Gasteiger partial charge on any atom is -0.337 e. The molecule has 3 aromatic rings. The van der Waals surface area contributed by atoms with E-state index >= 15 is 0 Å². The number of rotatable bonds is 6.